The highest BCUT2D eigenvalue weighted by Crippen LogP contribution is 2.50. The van der Waals surface area contributed by atoms with Crippen molar-refractivity contribution in [3.8, 4) is 0 Å². The number of hydrogen-bond acceptors (Lipinski definition) is 3. The van der Waals surface area contributed by atoms with E-state index in [1.165, 1.54) is 57.9 Å². The van der Waals surface area contributed by atoms with Crippen LogP contribution in [0.4, 0.5) is 0 Å². The maximum absolute atomic E-state index is 6.65. The molecule has 1 aliphatic carbocycles. The van der Waals surface area contributed by atoms with Crippen LogP contribution in [-0.4, -0.2) is 42.5 Å². The minimum absolute atomic E-state index is 0.268. The van der Waals surface area contributed by atoms with Gasteiger partial charge in [0, 0.05) is 24.9 Å². The van der Waals surface area contributed by atoms with E-state index in [0.717, 1.165) is 31.5 Å². The Bertz CT molecular complexity index is 451. The summed E-state index contributed by atoms with van der Waals surface area (Å²) in [6.07, 6.45) is 11.8. The van der Waals surface area contributed by atoms with Gasteiger partial charge in [-0.1, -0.05) is 47.5 Å². The first kappa shape index (κ1) is 20.6. The molecule has 0 aromatic carbocycles. The van der Waals surface area contributed by atoms with E-state index >= 15 is 0 Å². The molecule has 0 aromatic rings. The van der Waals surface area contributed by atoms with E-state index in [-0.39, 0.29) is 11.9 Å². The Kier molecular flexibility index (Phi) is 6.73. The smallest absolute Gasteiger partial charge is 0.171 e. The number of piperidine rings is 1. The Morgan fingerprint density at radius 2 is 1.96 bits per heavy atom. The zero-order chi connectivity index (χ0) is 18.8. The standard InChI is InChI=1S/C23H43NO2/c1-6-12-22(4,5)19-11-13-23(18(3)15-19)25-17-21(26-23)16-24-14-9-8-10-20(24)7-2/h18-21H,6-17H2,1-5H3. The Balaban J connectivity index is 1.56. The summed E-state index contributed by atoms with van der Waals surface area (Å²) in [5.41, 5.74) is 0.449. The van der Waals surface area contributed by atoms with Gasteiger partial charge in [-0.2, -0.15) is 0 Å². The molecular formula is C23H43NO2. The molecule has 26 heavy (non-hydrogen) atoms. The molecule has 3 fully saturated rings. The van der Waals surface area contributed by atoms with Crippen molar-refractivity contribution in [2.45, 2.75) is 110 Å². The molecule has 5 unspecified atom stereocenters. The number of rotatable bonds is 6. The van der Waals surface area contributed by atoms with Gasteiger partial charge in [0.15, 0.2) is 5.79 Å². The summed E-state index contributed by atoms with van der Waals surface area (Å²) in [4.78, 5) is 2.68. The van der Waals surface area contributed by atoms with Gasteiger partial charge in [-0.3, -0.25) is 4.90 Å². The third-order valence-corrected chi connectivity index (χ3v) is 7.77. The molecule has 3 nitrogen and oxygen atoms in total. The highest BCUT2D eigenvalue weighted by atomic mass is 16.7. The highest BCUT2D eigenvalue weighted by Gasteiger charge is 2.51. The molecule has 0 N–H and O–H groups in total. The molecule has 3 aliphatic rings. The summed E-state index contributed by atoms with van der Waals surface area (Å²) in [6.45, 7) is 15.0. The molecule has 3 rings (SSSR count). The van der Waals surface area contributed by atoms with Crippen molar-refractivity contribution >= 4 is 0 Å². The predicted octanol–water partition coefficient (Wildman–Crippen LogP) is 5.63. The fourth-order valence-corrected chi connectivity index (χ4v) is 5.99. The fourth-order valence-electron chi connectivity index (χ4n) is 5.99. The van der Waals surface area contributed by atoms with Gasteiger partial charge < -0.3 is 9.47 Å². The second kappa shape index (κ2) is 8.49. The van der Waals surface area contributed by atoms with Gasteiger partial charge in [0.2, 0.25) is 0 Å². The molecule has 152 valence electrons. The molecule has 0 radical (unpaired) electrons. The van der Waals surface area contributed by atoms with Crippen molar-refractivity contribution in [2.24, 2.45) is 17.3 Å². The first-order valence-corrected chi connectivity index (χ1v) is 11.5. The summed E-state index contributed by atoms with van der Waals surface area (Å²) in [7, 11) is 0. The lowest BCUT2D eigenvalue weighted by molar-refractivity contribution is -0.229. The average molecular weight is 366 g/mol. The molecule has 2 heterocycles. The van der Waals surface area contributed by atoms with Crippen LogP contribution in [0.25, 0.3) is 0 Å². The number of nitrogens with zero attached hydrogens (tertiary/aromatic N) is 1. The number of ether oxygens (including phenoxy) is 2. The van der Waals surface area contributed by atoms with Crippen LogP contribution in [0, 0.1) is 17.3 Å². The minimum atomic E-state index is -0.291. The third kappa shape index (κ3) is 4.31. The second-order valence-electron chi connectivity index (χ2n) is 10.0. The van der Waals surface area contributed by atoms with Crippen molar-refractivity contribution in [3.05, 3.63) is 0 Å². The molecular weight excluding hydrogens is 322 g/mol. The second-order valence-corrected chi connectivity index (χ2v) is 10.0. The van der Waals surface area contributed by atoms with Crippen LogP contribution in [0.5, 0.6) is 0 Å². The highest BCUT2D eigenvalue weighted by molar-refractivity contribution is 4.94. The molecule has 2 saturated heterocycles. The molecule has 0 amide bonds. The molecule has 3 heteroatoms. The van der Waals surface area contributed by atoms with Crippen LogP contribution < -0.4 is 0 Å². The first-order chi connectivity index (χ1) is 12.4. The lowest BCUT2D eigenvalue weighted by Crippen LogP contribution is -2.47. The van der Waals surface area contributed by atoms with E-state index < -0.39 is 0 Å². The summed E-state index contributed by atoms with van der Waals surface area (Å²) in [5, 5.41) is 0. The van der Waals surface area contributed by atoms with Crippen LogP contribution >= 0.6 is 0 Å². The Morgan fingerprint density at radius 3 is 2.65 bits per heavy atom. The Hall–Kier alpha value is -0.120. The summed E-state index contributed by atoms with van der Waals surface area (Å²) in [5.74, 6) is 1.02. The Morgan fingerprint density at radius 1 is 1.15 bits per heavy atom. The lowest BCUT2D eigenvalue weighted by Gasteiger charge is -2.46. The summed E-state index contributed by atoms with van der Waals surface area (Å²) in [6, 6.07) is 0.756. The van der Waals surface area contributed by atoms with E-state index in [0.29, 0.717) is 11.3 Å². The van der Waals surface area contributed by atoms with Crippen LogP contribution in [-0.2, 0) is 9.47 Å². The van der Waals surface area contributed by atoms with Gasteiger partial charge >= 0.3 is 0 Å². The minimum Gasteiger partial charge on any atom is -0.347 e. The SMILES string of the molecule is CCCC(C)(C)C1CCC2(OCC(CN3CCCCC3CC)O2)C(C)C1. The maximum Gasteiger partial charge on any atom is 0.171 e. The van der Waals surface area contributed by atoms with Crippen molar-refractivity contribution in [2.75, 3.05) is 19.7 Å². The lowest BCUT2D eigenvalue weighted by atomic mass is 9.65. The van der Waals surface area contributed by atoms with Crippen molar-refractivity contribution in [1.29, 1.82) is 0 Å². The van der Waals surface area contributed by atoms with Crippen LogP contribution in [0.3, 0.4) is 0 Å². The van der Waals surface area contributed by atoms with Gasteiger partial charge in [-0.05, 0) is 56.4 Å². The van der Waals surface area contributed by atoms with E-state index in [4.69, 9.17) is 9.47 Å². The first-order valence-electron chi connectivity index (χ1n) is 11.5. The van der Waals surface area contributed by atoms with E-state index in [1.807, 2.05) is 0 Å². The topological polar surface area (TPSA) is 21.7 Å². The molecule has 5 atom stereocenters. The van der Waals surface area contributed by atoms with Crippen molar-refractivity contribution < 1.29 is 9.47 Å². The monoisotopic (exact) mass is 365 g/mol. The molecule has 1 saturated carbocycles. The quantitative estimate of drug-likeness (QED) is 0.609. The van der Waals surface area contributed by atoms with E-state index in [9.17, 15) is 0 Å². The molecule has 2 aliphatic heterocycles. The maximum atomic E-state index is 6.65. The molecule has 0 bridgehead atoms. The summed E-state index contributed by atoms with van der Waals surface area (Å²) < 4.78 is 13.0. The normalized spacial score (nSPS) is 39.6. The Labute approximate surface area is 162 Å². The largest absolute Gasteiger partial charge is 0.347 e. The number of likely N-dealkylation sites (tertiary alicyclic amines) is 1. The van der Waals surface area contributed by atoms with Gasteiger partial charge in [-0.25, -0.2) is 0 Å². The van der Waals surface area contributed by atoms with Crippen molar-refractivity contribution in [3.63, 3.8) is 0 Å². The van der Waals surface area contributed by atoms with E-state index in [1.54, 1.807) is 0 Å². The van der Waals surface area contributed by atoms with Gasteiger partial charge in [0.1, 0.15) is 0 Å². The van der Waals surface area contributed by atoms with Gasteiger partial charge in [0.25, 0.3) is 0 Å². The zero-order valence-electron chi connectivity index (χ0n) is 18.1. The fraction of sp³-hybridized carbons (Fsp3) is 1.00. The summed E-state index contributed by atoms with van der Waals surface area (Å²) >= 11 is 0. The van der Waals surface area contributed by atoms with Crippen molar-refractivity contribution in [1.82, 2.24) is 4.90 Å². The molecule has 1 spiro atoms. The van der Waals surface area contributed by atoms with Crippen LogP contribution in [0.2, 0.25) is 0 Å². The molecule has 0 aromatic heterocycles. The number of hydrogen-bond donors (Lipinski definition) is 0. The van der Waals surface area contributed by atoms with Gasteiger partial charge in [-0.15, -0.1) is 0 Å². The van der Waals surface area contributed by atoms with Crippen LogP contribution in [0.15, 0.2) is 0 Å². The van der Waals surface area contributed by atoms with E-state index in [2.05, 4.69) is 39.5 Å². The average Bonchev–Trinajstić information content (AvgIpc) is 3.01. The third-order valence-electron chi connectivity index (χ3n) is 7.77. The zero-order valence-corrected chi connectivity index (χ0v) is 18.1. The van der Waals surface area contributed by atoms with Crippen LogP contribution in [0.1, 0.15) is 92.4 Å². The van der Waals surface area contributed by atoms with Gasteiger partial charge in [0.05, 0.1) is 12.7 Å². The predicted molar refractivity (Wildman–Crippen MR) is 108 cm³/mol.